The van der Waals surface area contributed by atoms with E-state index in [1.807, 2.05) is 6.07 Å². The van der Waals surface area contributed by atoms with E-state index in [1.54, 1.807) is 24.3 Å². The number of hydrogen-bond donors (Lipinski definition) is 3. The van der Waals surface area contributed by atoms with Crippen molar-refractivity contribution in [2.24, 2.45) is 0 Å². The number of benzene rings is 1. The van der Waals surface area contributed by atoms with Gasteiger partial charge < -0.3 is 16.0 Å². The van der Waals surface area contributed by atoms with E-state index in [1.165, 1.54) is 0 Å². The van der Waals surface area contributed by atoms with Crippen molar-refractivity contribution in [3.05, 3.63) is 35.9 Å². The number of hydrogen-bond acceptors (Lipinski definition) is 3. The van der Waals surface area contributed by atoms with Crippen LogP contribution in [0.25, 0.3) is 0 Å². The minimum absolute atomic E-state index is 0.0905. The van der Waals surface area contributed by atoms with Gasteiger partial charge in [-0.3, -0.25) is 14.4 Å². The van der Waals surface area contributed by atoms with Crippen LogP contribution in [-0.4, -0.2) is 43.2 Å². The lowest BCUT2D eigenvalue weighted by Gasteiger charge is -2.08. The summed E-state index contributed by atoms with van der Waals surface area (Å²) in [6.07, 6.45) is 1.01. The number of carbonyl (C=O) groups is 3. The van der Waals surface area contributed by atoms with E-state index in [0.29, 0.717) is 37.4 Å². The van der Waals surface area contributed by atoms with Gasteiger partial charge in [0.15, 0.2) is 0 Å². The van der Waals surface area contributed by atoms with Gasteiger partial charge in [-0.2, -0.15) is 0 Å². The Hall–Kier alpha value is -2.08. The molecule has 6 nitrogen and oxygen atoms in total. The lowest BCUT2D eigenvalue weighted by molar-refractivity contribution is -0.122. The average molecular weight is 326 g/mol. The summed E-state index contributed by atoms with van der Waals surface area (Å²) in [6.45, 7) is 0.556. The summed E-state index contributed by atoms with van der Waals surface area (Å²) in [5.74, 6) is -0.248. The zero-order valence-electron chi connectivity index (χ0n) is 12.2. The molecule has 0 heterocycles. The lowest BCUT2D eigenvalue weighted by atomic mass is 10.2. The number of rotatable bonds is 9. The second-order valence-corrected chi connectivity index (χ2v) is 4.92. The summed E-state index contributed by atoms with van der Waals surface area (Å²) >= 11 is 5.48. The lowest BCUT2D eigenvalue weighted by Crippen LogP contribution is -2.40. The quantitative estimate of drug-likeness (QED) is 0.460. The van der Waals surface area contributed by atoms with Gasteiger partial charge in [0.05, 0.1) is 6.54 Å². The monoisotopic (exact) mass is 325 g/mol. The minimum Gasteiger partial charge on any atom is -0.354 e. The zero-order chi connectivity index (χ0) is 16.2. The molecule has 0 aliphatic rings. The minimum atomic E-state index is -0.306. The molecule has 0 bridgehead atoms. The van der Waals surface area contributed by atoms with Crippen molar-refractivity contribution < 1.29 is 14.4 Å². The molecule has 7 heteroatoms. The second-order valence-electron chi connectivity index (χ2n) is 4.54. The third kappa shape index (κ3) is 7.64. The Bertz CT molecular complexity index is 494. The van der Waals surface area contributed by atoms with Crippen molar-refractivity contribution in [3.8, 4) is 0 Å². The maximum atomic E-state index is 11.7. The van der Waals surface area contributed by atoms with Gasteiger partial charge in [0.1, 0.15) is 0 Å². The number of carbonyl (C=O) groups excluding carboxylic acids is 3. The summed E-state index contributed by atoms with van der Waals surface area (Å²) in [6, 6.07) is 8.65. The van der Waals surface area contributed by atoms with E-state index in [2.05, 4.69) is 16.0 Å². The first-order valence-electron chi connectivity index (χ1n) is 7.06. The van der Waals surface area contributed by atoms with E-state index in [4.69, 9.17) is 11.6 Å². The van der Waals surface area contributed by atoms with Gasteiger partial charge in [-0.05, 0) is 18.6 Å². The first-order valence-corrected chi connectivity index (χ1v) is 7.59. The van der Waals surface area contributed by atoms with E-state index in [9.17, 15) is 14.4 Å². The fraction of sp³-hybridized carbons (Fsp3) is 0.400. The van der Waals surface area contributed by atoms with Gasteiger partial charge in [-0.1, -0.05) is 18.2 Å². The van der Waals surface area contributed by atoms with Crippen molar-refractivity contribution in [1.82, 2.24) is 16.0 Å². The Morgan fingerprint density at radius 1 is 0.909 bits per heavy atom. The molecule has 1 aromatic rings. The Labute approximate surface area is 134 Å². The topological polar surface area (TPSA) is 87.3 Å². The number of alkyl halides is 1. The van der Waals surface area contributed by atoms with Gasteiger partial charge in [-0.25, -0.2) is 0 Å². The van der Waals surface area contributed by atoms with Crippen LogP contribution in [-0.2, 0) is 9.59 Å². The van der Waals surface area contributed by atoms with Crippen LogP contribution in [0, 0.1) is 0 Å². The SMILES string of the molecule is O=C(CCCCl)NCCNC(=O)CNC(=O)c1ccccc1. The first kappa shape index (κ1) is 18.0. The molecule has 0 aliphatic heterocycles. The zero-order valence-corrected chi connectivity index (χ0v) is 13.0. The fourth-order valence-electron chi connectivity index (χ4n) is 1.63. The van der Waals surface area contributed by atoms with Crippen molar-refractivity contribution in [2.75, 3.05) is 25.5 Å². The van der Waals surface area contributed by atoms with E-state index in [-0.39, 0.29) is 24.3 Å². The predicted octanol–water partition coefficient (Wildman–Crippen LogP) is 0.668. The van der Waals surface area contributed by atoms with Crippen molar-refractivity contribution in [3.63, 3.8) is 0 Å². The van der Waals surface area contributed by atoms with Crippen LogP contribution >= 0.6 is 11.6 Å². The van der Waals surface area contributed by atoms with Crippen molar-refractivity contribution >= 4 is 29.3 Å². The Balaban J connectivity index is 2.11. The standard InChI is InChI=1S/C15H20ClN3O3/c16-8-4-7-13(20)17-9-10-18-14(21)11-19-15(22)12-5-2-1-3-6-12/h1-3,5-6H,4,7-11H2,(H,17,20)(H,18,21)(H,19,22). The number of nitrogens with one attached hydrogen (secondary N) is 3. The van der Waals surface area contributed by atoms with Gasteiger partial charge in [-0.15, -0.1) is 11.6 Å². The maximum Gasteiger partial charge on any atom is 0.251 e. The third-order valence-electron chi connectivity index (χ3n) is 2.75. The van der Waals surface area contributed by atoms with Crippen LogP contribution < -0.4 is 16.0 Å². The molecule has 0 unspecified atom stereocenters. The average Bonchev–Trinajstić information content (AvgIpc) is 2.55. The molecular formula is C15H20ClN3O3. The van der Waals surface area contributed by atoms with Crippen LogP contribution in [0.3, 0.4) is 0 Å². The molecule has 120 valence electrons. The molecule has 0 aromatic heterocycles. The highest BCUT2D eigenvalue weighted by Crippen LogP contribution is 1.97. The molecule has 22 heavy (non-hydrogen) atoms. The van der Waals surface area contributed by atoms with E-state index < -0.39 is 0 Å². The van der Waals surface area contributed by atoms with Crippen molar-refractivity contribution in [1.29, 1.82) is 0 Å². The van der Waals surface area contributed by atoms with Gasteiger partial charge in [0.25, 0.3) is 5.91 Å². The summed E-state index contributed by atoms with van der Waals surface area (Å²) in [7, 11) is 0. The Morgan fingerprint density at radius 2 is 1.55 bits per heavy atom. The molecular weight excluding hydrogens is 306 g/mol. The molecule has 0 fully saturated rings. The van der Waals surface area contributed by atoms with Crippen molar-refractivity contribution in [2.45, 2.75) is 12.8 Å². The smallest absolute Gasteiger partial charge is 0.251 e. The van der Waals surface area contributed by atoms with Crippen LogP contribution in [0.4, 0.5) is 0 Å². The number of halogens is 1. The van der Waals surface area contributed by atoms with Gasteiger partial charge in [0.2, 0.25) is 11.8 Å². The molecule has 1 aromatic carbocycles. The van der Waals surface area contributed by atoms with Gasteiger partial charge in [0, 0.05) is 31.0 Å². The van der Waals surface area contributed by atoms with E-state index >= 15 is 0 Å². The van der Waals surface area contributed by atoms with Crippen LogP contribution in [0.5, 0.6) is 0 Å². The molecule has 0 spiro atoms. The molecule has 0 atom stereocenters. The summed E-state index contributed by atoms with van der Waals surface area (Å²) in [5, 5.41) is 7.79. The third-order valence-corrected chi connectivity index (χ3v) is 3.02. The molecule has 1 rings (SSSR count). The highest BCUT2D eigenvalue weighted by molar-refractivity contribution is 6.17. The van der Waals surface area contributed by atoms with E-state index in [0.717, 1.165) is 0 Å². The molecule has 0 aliphatic carbocycles. The number of amides is 3. The second kappa shape index (κ2) is 10.6. The molecule has 3 N–H and O–H groups in total. The normalized spacial score (nSPS) is 9.86. The fourth-order valence-corrected chi connectivity index (χ4v) is 1.77. The molecule has 0 saturated carbocycles. The molecule has 3 amide bonds. The highest BCUT2D eigenvalue weighted by atomic mass is 35.5. The maximum absolute atomic E-state index is 11.7. The highest BCUT2D eigenvalue weighted by Gasteiger charge is 2.07. The Morgan fingerprint density at radius 3 is 2.18 bits per heavy atom. The van der Waals surface area contributed by atoms with Crippen LogP contribution in [0.2, 0.25) is 0 Å². The van der Waals surface area contributed by atoms with Crippen LogP contribution in [0.15, 0.2) is 30.3 Å². The van der Waals surface area contributed by atoms with Crippen LogP contribution in [0.1, 0.15) is 23.2 Å². The largest absolute Gasteiger partial charge is 0.354 e. The summed E-state index contributed by atoms with van der Waals surface area (Å²) < 4.78 is 0. The summed E-state index contributed by atoms with van der Waals surface area (Å²) in [4.78, 5) is 34.5. The predicted molar refractivity (Wildman–Crippen MR) is 84.7 cm³/mol. The van der Waals surface area contributed by atoms with Gasteiger partial charge >= 0.3 is 0 Å². The molecule has 0 saturated heterocycles. The molecule has 0 radical (unpaired) electrons. The Kier molecular flexibility index (Phi) is 8.67. The summed E-state index contributed by atoms with van der Waals surface area (Å²) in [5.41, 5.74) is 0.502. The first-order chi connectivity index (χ1) is 10.6.